The third-order valence-electron chi connectivity index (χ3n) is 3.83. The first-order valence-electron chi connectivity index (χ1n) is 6.71. The van der Waals surface area contributed by atoms with Crippen molar-refractivity contribution < 1.29 is 0 Å². The summed E-state index contributed by atoms with van der Waals surface area (Å²) in [5, 5.41) is 1.04. The molecule has 1 aliphatic heterocycles. The second-order valence-corrected chi connectivity index (χ2v) is 6.75. The molecule has 0 aromatic heterocycles. The van der Waals surface area contributed by atoms with E-state index in [0.29, 0.717) is 11.8 Å². The first-order chi connectivity index (χ1) is 9.38. The van der Waals surface area contributed by atoms with Crippen LogP contribution in [0.2, 0.25) is 0 Å². The van der Waals surface area contributed by atoms with Crippen LogP contribution in [0.3, 0.4) is 0 Å². The van der Waals surface area contributed by atoms with Crippen LogP contribution in [0.15, 0.2) is 59.5 Å². The van der Waals surface area contributed by atoms with E-state index in [1.807, 2.05) is 11.8 Å². The van der Waals surface area contributed by atoms with Gasteiger partial charge in [-0.1, -0.05) is 64.5 Å². The van der Waals surface area contributed by atoms with Gasteiger partial charge in [0.05, 0.1) is 0 Å². The van der Waals surface area contributed by atoms with Gasteiger partial charge in [-0.05, 0) is 35.4 Å². The molecule has 98 valence electrons. The normalized spacial score (nSPS) is 19.1. The molecule has 0 N–H and O–H groups in total. The van der Waals surface area contributed by atoms with Crippen molar-refractivity contribution in [1.82, 2.24) is 0 Å². The number of fused-ring (bicyclic) bond motifs is 1. The predicted molar refractivity (Wildman–Crippen MR) is 87.5 cm³/mol. The van der Waals surface area contributed by atoms with Gasteiger partial charge in [-0.25, -0.2) is 0 Å². The third-order valence-corrected chi connectivity index (χ3v) is 5.86. The van der Waals surface area contributed by atoms with Crippen molar-refractivity contribution in [2.75, 3.05) is 11.1 Å². The van der Waals surface area contributed by atoms with Crippen LogP contribution in [0.1, 0.15) is 29.4 Å². The monoisotopic (exact) mass is 332 g/mol. The standard InChI is InChI=1S/C17H17BrS/c18-11-14(13-6-2-1-3-7-13)10-15-12-19-17-9-5-4-8-16(15)17/h1-9,14-15H,10-12H2. The molecule has 19 heavy (non-hydrogen) atoms. The maximum atomic E-state index is 3.69. The number of alkyl halides is 1. The van der Waals surface area contributed by atoms with Crippen LogP contribution in [0.5, 0.6) is 0 Å². The fraction of sp³-hybridized carbons (Fsp3) is 0.294. The zero-order chi connectivity index (χ0) is 13.1. The molecule has 3 rings (SSSR count). The average Bonchev–Trinajstić information content (AvgIpc) is 2.89. The number of benzene rings is 2. The van der Waals surface area contributed by atoms with Crippen molar-refractivity contribution >= 4 is 27.7 Å². The molecule has 0 spiro atoms. The molecule has 1 heterocycles. The average molecular weight is 333 g/mol. The molecule has 2 atom stereocenters. The summed E-state index contributed by atoms with van der Waals surface area (Å²) in [5.74, 6) is 2.54. The number of hydrogen-bond acceptors (Lipinski definition) is 1. The molecule has 2 aromatic rings. The molecule has 1 aliphatic rings. The number of thioether (sulfide) groups is 1. The molecule has 0 saturated heterocycles. The van der Waals surface area contributed by atoms with E-state index in [1.54, 1.807) is 5.56 Å². The molecule has 0 amide bonds. The van der Waals surface area contributed by atoms with Crippen LogP contribution >= 0.6 is 27.7 Å². The highest BCUT2D eigenvalue weighted by molar-refractivity contribution is 9.09. The van der Waals surface area contributed by atoms with Crippen LogP contribution in [-0.2, 0) is 0 Å². The van der Waals surface area contributed by atoms with Gasteiger partial charge in [0.25, 0.3) is 0 Å². The summed E-state index contributed by atoms with van der Waals surface area (Å²) in [4.78, 5) is 1.48. The highest BCUT2D eigenvalue weighted by atomic mass is 79.9. The summed E-state index contributed by atoms with van der Waals surface area (Å²) in [6.07, 6.45) is 1.24. The fourth-order valence-electron chi connectivity index (χ4n) is 2.78. The third kappa shape index (κ3) is 2.90. The van der Waals surface area contributed by atoms with E-state index in [2.05, 4.69) is 70.5 Å². The van der Waals surface area contributed by atoms with Gasteiger partial charge in [0.2, 0.25) is 0 Å². The van der Waals surface area contributed by atoms with Crippen LogP contribution in [0.4, 0.5) is 0 Å². The Kier molecular flexibility index (Phi) is 4.29. The highest BCUT2D eigenvalue weighted by Crippen LogP contribution is 2.44. The van der Waals surface area contributed by atoms with Gasteiger partial charge < -0.3 is 0 Å². The Morgan fingerprint density at radius 1 is 1.05 bits per heavy atom. The van der Waals surface area contributed by atoms with E-state index >= 15 is 0 Å². The lowest BCUT2D eigenvalue weighted by atomic mass is 9.87. The maximum Gasteiger partial charge on any atom is 0.0107 e. The summed E-state index contributed by atoms with van der Waals surface area (Å²) in [7, 11) is 0. The van der Waals surface area contributed by atoms with Gasteiger partial charge in [-0.15, -0.1) is 11.8 Å². The summed E-state index contributed by atoms with van der Waals surface area (Å²) < 4.78 is 0. The minimum absolute atomic E-state index is 0.609. The first-order valence-corrected chi connectivity index (χ1v) is 8.82. The molecular weight excluding hydrogens is 316 g/mol. The van der Waals surface area contributed by atoms with Crippen molar-refractivity contribution in [3.63, 3.8) is 0 Å². The van der Waals surface area contributed by atoms with Crippen LogP contribution in [-0.4, -0.2) is 11.1 Å². The summed E-state index contributed by atoms with van der Waals surface area (Å²) in [6.45, 7) is 0. The van der Waals surface area contributed by atoms with E-state index in [0.717, 1.165) is 5.33 Å². The second-order valence-electron chi connectivity index (χ2n) is 5.04. The highest BCUT2D eigenvalue weighted by Gasteiger charge is 2.25. The Balaban J connectivity index is 1.78. The van der Waals surface area contributed by atoms with Gasteiger partial charge in [0, 0.05) is 16.0 Å². The van der Waals surface area contributed by atoms with E-state index in [1.165, 1.54) is 22.6 Å². The number of rotatable bonds is 4. The Morgan fingerprint density at radius 3 is 2.58 bits per heavy atom. The maximum absolute atomic E-state index is 3.69. The van der Waals surface area contributed by atoms with E-state index < -0.39 is 0 Å². The zero-order valence-electron chi connectivity index (χ0n) is 10.8. The largest absolute Gasteiger partial charge is 0.125 e. The van der Waals surface area contributed by atoms with Crippen molar-refractivity contribution in [1.29, 1.82) is 0 Å². The van der Waals surface area contributed by atoms with Gasteiger partial charge in [-0.3, -0.25) is 0 Å². The van der Waals surface area contributed by atoms with E-state index in [9.17, 15) is 0 Å². The lowest BCUT2D eigenvalue weighted by Crippen LogP contribution is -2.07. The molecule has 2 aromatic carbocycles. The Morgan fingerprint density at radius 2 is 1.79 bits per heavy atom. The van der Waals surface area contributed by atoms with Crippen LogP contribution in [0, 0.1) is 0 Å². The molecule has 0 aliphatic carbocycles. The van der Waals surface area contributed by atoms with Gasteiger partial charge in [0.15, 0.2) is 0 Å². The van der Waals surface area contributed by atoms with Crippen molar-refractivity contribution in [2.45, 2.75) is 23.2 Å². The minimum atomic E-state index is 0.609. The topological polar surface area (TPSA) is 0 Å². The summed E-state index contributed by atoms with van der Waals surface area (Å²) in [5.41, 5.74) is 3.00. The van der Waals surface area contributed by atoms with Gasteiger partial charge in [0.1, 0.15) is 0 Å². The molecule has 0 nitrogen and oxygen atoms in total. The van der Waals surface area contributed by atoms with Crippen molar-refractivity contribution in [3.8, 4) is 0 Å². The van der Waals surface area contributed by atoms with Gasteiger partial charge in [-0.2, -0.15) is 0 Å². The molecule has 2 heteroatoms. The molecule has 0 fully saturated rings. The fourth-order valence-corrected chi connectivity index (χ4v) is 4.69. The Bertz CT molecular complexity index is 538. The number of halogens is 1. The Labute approximate surface area is 127 Å². The van der Waals surface area contributed by atoms with Crippen LogP contribution < -0.4 is 0 Å². The molecular formula is C17H17BrS. The lowest BCUT2D eigenvalue weighted by Gasteiger charge is -2.19. The second kappa shape index (κ2) is 6.15. The van der Waals surface area contributed by atoms with Crippen LogP contribution in [0.25, 0.3) is 0 Å². The van der Waals surface area contributed by atoms with E-state index in [4.69, 9.17) is 0 Å². The quantitative estimate of drug-likeness (QED) is 0.671. The van der Waals surface area contributed by atoms with Gasteiger partial charge >= 0.3 is 0 Å². The minimum Gasteiger partial charge on any atom is -0.125 e. The number of hydrogen-bond donors (Lipinski definition) is 0. The first kappa shape index (κ1) is 13.3. The summed E-state index contributed by atoms with van der Waals surface area (Å²) in [6, 6.07) is 19.7. The SMILES string of the molecule is BrCC(CC1CSc2ccccc21)c1ccccc1. The van der Waals surface area contributed by atoms with Crippen molar-refractivity contribution in [3.05, 3.63) is 65.7 Å². The molecule has 0 radical (unpaired) electrons. The lowest BCUT2D eigenvalue weighted by molar-refractivity contribution is 0.608. The summed E-state index contributed by atoms with van der Waals surface area (Å²) >= 11 is 5.70. The van der Waals surface area contributed by atoms with E-state index in [-0.39, 0.29) is 0 Å². The predicted octanol–water partition coefficient (Wildman–Crippen LogP) is 5.44. The molecule has 2 unspecified atom stereocenters. The smallest absolute Gasteiger partial charge is 0.0107 e. The Hall–Kier alpha value is -0.730. The van der Waals surface area contributed by atoms with Crippen molar-refractivity contribution in [2.24, 2.45) is 0 Å². The molecule has 0 bridgehead atoms. The zero-order valence-corrected chi connectivity index (χ0v) is 13.2. The molecule has 0 saturated carbocycles.